The summed E-state index contributed by atoms with van der Waals surface area (Å²) in [5.74, 6) is 0.840. The average molecular weight is 381 g/mol. The van der Waals surface area contributed by atoms with Gasteiger partial charge in [-0.1, -0.05) is 0 Å². The van der Waals surface area contributed by atoms with Gasteiger partial charge >= 0.3 is 0 Å². The molecule has 2 aromatic carbocycles. The molecule has 1 saturated carbocycles. The van der Waals surface area contributed by atoms with Gasteiger partial charge in [0.1, 0.15) is 11.5 Å². The third kappa shape index (κ3) is 3.43. The summed E-state index contributed by atoms with van der Waals surface area (Å²) in [5, 5.41) is 10.5. The lowest BCUT2D eigenvalue weighted by molar-refractivity contribution is 0.102. The highest BCUT2D eigenvalue weighted by Gasteiger charge is 2.31. The van der Waals surface area contributed by atoms with Crippen molar-refractivity contribution in [1.82, 2.24) is 10.2 Å². The van der Waals surface area contributed by atoms with Crippen LogP contribution in [0.4, 0.5) is 10.1 Å². The van der Waals surface area contributed by atoms with Crippen LogP contribution in [0.1, 0.15) is 34.8 Å². The molecule has 3 aromatic rings. The topological polar surface area (TPSA) is 76.2 Å². The standard InChI is InChI=1S/C21H20FN3O3/c1-27-16-10-7-14(11-17(16)28-2)19-20(18(24-25-19)12-3-4-12)23-21(26)13-5-8-15(22)9-6-13/h5-12H,3-4H2,1-2H3,(H,23,26)(H,24,25). The van der Waals surface area contributed by atoms with Gasteiger partial charge in [0.05, 0.1) is 25.6 Å². The SMILES string of the molecule is COc1ccc(-c2n[nH]c(C3CC3)c2NC(=O)c2ccc(F)cc2)cc1OC. The van der Waals surface area contributed by atoms with E-state index in [1.54, 1.807) is 20.3 Å². The van der Waals surface area contributed by atoms with Crippen LogP contribution in [0.3, 0.4) is 0 Å². The summed E-state index contributed by atoms with van der Waals surface area (Å²) < 4.78 is 23.8. The number of hydrogen-bond acceptors (Lipinski definition) is 4. The van der Waals surface area contributed by atoms with Crippen LogP contribution in [-0.4, -0.2) is 30.3 Å². The number of H-pyrrole nitrogens is 1. The van der Waals surface area contributed by atoms with Crippen LogP contribution < -0.4 is 14.8 Å². The fourth-order valence-electron chi connectivity index (χ4n) is 3.13. The first-order valence-electron chi connectivity index (χ1n) is 8.98. The minimum absolute atomic E-state index is 0.315. The van der Waals surface area contributed by atoms with Crippen molar-refractivity contribution in [2.45, 2.75) is 18.8 Å². The zero-order valence-electron chi connectivity index (χ0n) is 15.6. The van der Waals surface area contributed by atoms with E-state index in [-0.39, 0.29) is 11.7 Å². The Hall–Kier alpha value is -3.35. The molecule has 2 N–H and O–H groups in total. The monoisotopic (exact) mass is 381 g/mol. The van der Waals surface area contributed by atoms with Crippen LogP contribution in [0, 0.1) is 5.82 Å². The molecule has 0 radical (unpaired) electrons. The Kier molecular flexibility index (Phi) is 4.73. The molecule has 1 aliphatic carbocycles. The predicted molar refractivity (Wildman–Crippen MR) is 103 cm³/mol. The molecular formula is C21H20FN3O3. The molecule has 0 saturated heterocycles. The number of rotatable bonds is 6. The Morgan fingerprint density at radius 2 is 1.82 bits per heavy atom. The van der Waals surface area contributed by atoms with E-state index in [9.17, 15) is 9.18 Å². The van der Waals surface area contributed by atoms with Gasteiger partial charge in [-0.2, -0.15) is 5.10 Å². The van der Waals surface area contributed by atoms with E-state index in [0.717, 1.165) is 24.1 Å². The van der Waals surface area contributed by atoms with Crippen LogP contribution in [0.15, 0.2) is 42.5 Å². The number of anilines is 1. The Labute approximate surface area is 161 Å². The third-order valence-corrected chi connectivity index (χ3v) is 4.78. The number of amides is 1. The van der Waals surface area contributed by atoms with Gasteiger partial charge in [0.15, 0.2) is 11.5 Å². The fourth-order valence-corrected chi connectivity index (χ4v) is 3.13. The maximum Gasteiger partial charge on any atom is 0.255 e. The summed E-state index contributed by atoms with van der Waals surface area (Å²) in [6.07, 6.45) is 2.10. The van der Waals surface area contributed by atoms with Gasteiger partial charge < -0.3 is 14.8 Å². The number of halogens is 1. The Morgan fingerprint density at radius 3 is 2.46 bits per heavy atom. The molecule has 0 bridgehead atoms. The molecule has 1 aliphatic rings. The van der Waals surface area contributed by atoms with Crippen molar-refractivity contribution in [3.05, 3.63) is 59.5 Å². The summed E-state index contributed by atoms with van der Waals surface area (Å²) >= 11 is 0. The van der Waals surface area contributed by atoms with Crippen molar-refractivity contribution in [2.75, 3.05) is 19.5 Å². The number of carbonyl (C=O) groups excluding carboxylic acids is 1. The maximum atomic E-state index is 13.2. The molecule has 0 spiro atoms. The molecule has 28 heavy (non-hydrogen) atoms. The Morgan fingerprint density at radius 1 is 1.11 bits per heavy atom. The summed E-state index contributed by atoms with van der Waals surface area (Å²) in [7, 11) is 3.14. The molecule has 1 aromatic heterocycles. The van der Waals surface area contributed by atoms with Gasteiger partial charge in [-0.25, -0.2) is 4.39 Å². The van der Waals surface area contributed by atoms with E-state index in [2.05, 4.69) is 15.5 Å². The van der Waals surface area contributed by atoms with E-state index in [0.29, 0.717) is 34.4 Å². The van der Waals surface area contributed by atoms with Gasteiger partial charge in [0, 0.05) is 17.0 Å². The molecule has 4 rings (SSSR count). The molecule has 0 atom stereocenters. The van der Waals surface area contributed by atoms with Gasteiger partial charge in [-0.3, -0.25) is 9.89 Å². The normalized spacial score (nSPS) is 13.2. The number of nitrogens with one attached hydrogen (secondary N) is 2. The maximum absolute atomic E-state index is 13.2. The highest BCUT2D eigenvalue weighted by atomic mass is 19.1. The Bertz CT molecular complexity index is 1010. The first-order valence-corrected chi connectivity index (χ1v) is 8.98. The van der Waals surface area contributed by atoms with E-state index in [1.165, 1.54) is 24.3 Å². The number of benzene rings is 2. The highest BCUT2D eigenvalue weighted by Crippen LogP contribution is 2.45. The number of aromatic nitrogens is 2. The van der Waals surface area contributed by atoms with Crippen LogP contribution in [-0.2, 0) is 0 Å². The third-order valence-electron chi connectivity index (χ3n) is 4.78. The zero-order chi connectivity index (χ0) is 19.7. The molecule has 144 valence electrons. The summed E-state index contributed by atoms with van der Waals surface area (Å²) in [6.45, 7) is 0. The lowest BCUT2D eigenvalue weighted by atomic mass is 10.1. The zero-order valence-corrected chi connectivity index (χ0v) is 15.6. The first-order chi connectivity index (χ1) is 13.6. The van der Waals surface area contributed by atoms with E-state index in [4.69, 9.17) is 9.47 Å². The second-order valence-corrected chi connectivity index (χ2v) is 6.67. The van der Waals surface area contributed by atoms with Crippen molar-refractivity contribution in [2.24, 2.45) is 0 Å². The van der Waals surface area contributed by atoms with Crippen molar-refractivity contribution in [3.63, 3.8) is 0 Å². The van der Waals surface area contributed by atoms with Crippen LogP contribution in [0.25, 0.3) is 11.3 Å². The average Bonchev–Trinajstić information content (AvgIpc) is 3.48. The second kappa shape index (κ2) is 7.34. The van der Waals surface area contributed by atoms with E-state index < -0.39 is 0 Å². The highest BCUT2D eigenvalue weighted by molar-refractivity contribution is 6.06. The van der Waals surface area contributed by atoms with Gasteiger partial charge in [-0.15, -0.1) is 0 Å². The molecule has 1 fully saturated rings. The lowest BCUT2D eigenvalue weighted by Gasteiger charge is -2.11. The van der Waals surface area contributed by atoms with Crippen molar-refractivity contribution < 1.29 is 18.7 Å². The second-order valence-electron chi connectivity index (χ2n) is 6.67. The summed E-state index contributed by atoms with van der Waals surface area (Å²) in [4.78, 5) is 12.7. The van der Waals surface area contributed by atoms with Crippen LogP contribution >= 0.6 is 0 Å². The molecule has 1 heterocycles. The largest absolute Gasteiger partial charge is 0.493 e. The number of ether oxygens (including phenoxy) is 2. The number of aromatic amines is 1. The van der Waals surface area contributed by atoms with E-state index >= 15 is 0 Å². The number of nitrogens with zero attached hydrogens (tertiary/aromatic N) is 1. The van der Waals surface area contributed by atoms with Gasteiger partial charge in [0.25, 0.3) is 5.91 Å². The van der Waals surface area contributed by atoms with Crippen LogP contribution in [0.5, 0.6) is 11.5 Å². The molecule has 6 nitrogen and oxygen atoms in total. The first kappa shape index (κ1) is 18.0. The summed E-state index contributed by atoms with van der Waals surface area (Å²) in [6, 6.07) is 10.9. The van der Waals surface area contributed by atoms with Crippen LogP contribution in [0.2, 0.25) is 0 Å². The number of hydrogen-bond donors (Lipinski definition) is 2. The minimum atomic E-state index is -0.385. The van der Waals surface area contributed by atoms with Crippen molar-refractivity contribution >= 4 is 11.6 Å². The fraction of sp³-hybridized carbons (Fsp3) is 0.238. The quantitative estimate of drug-likeness (QED) is 0.665. The van der Waals surface area contributed by atoms with Crippen molar-refractivity contribution in [1.29, 1.82) is 0 Å². The number of methoxy groups -OCH3 is 2. The van der Waals surface area contributed by atoms with E-state index in [1.807, 2.05) is 12.1 Å². The lowest BCUT2D eigenvalue weighted by Crippen LogP contribution is -2.13. The van der Waals surface area contributed by atoms with Gasteiger partial charge in [0.2, 0.25) is 0 Å². The predicted octanol–water partition coefficient (Wildman–Crippen LogP) is 4.36. The van der Waals surface area contributed by atoms with Gasteiger partial charge in [-0.05, 0) is 55.3 Å². The Balaban J connectivity index is 1.71. The van der Waals surface area contributed by atoms with Crippen molar-refractivity contribution in [3.8, 4) is 22.8 Å². The summed E-state index contributed by atoms with van der Waals surface area (Å²) in [5.41, 5.74) is 3.33. The molecular weight excluding hydrogens is 361 g/mol. The minimum Gasteiger partial charge on any atom is -0.493 e. The number of carbonyl (C=O) groups is 1. The molecule has 0 aliphatic heterocycles. The molecule has 0 unspecified atom stereocenters. The molecule has 7 heteroatoms. The molecule has 1 amide bonds. The smallest absolute Gasteiger partial charge is 0.255 e.